The Kier molecular flexibility index (Phi) is 5.38. The van der Waals surface area contributed by atoms with Crippen LogP contribution in [-0.2, 0) is 13.0 Å². The van der Waals surface area contributed by atoms with Crippen LogP contribution in [0.2, 0.25) is 0 Å². The van der Waals surface area contributed by atoms with E-state index in [1.807, 2.05) is 6.92 Å². The highest BCUT2D eigenvalue weighted by Gasteiger charge is 2.28. The van der Waals surface area contributed by atoms with E-state index in [9.17, 15) is 14.3 Å². The first-order valence-electron chi connectivity index (χ1n) is 11.3. The van der Waals surface area contributed by atoms with Gasteiger partial charge in [-0.3, -0.25) is 9.36 Å². The average molecular weight is 426 g/mol. The van der Waals surface area contributed by atoms with Crippen LogP contribution in [0.15, 0.2) is 27.5 Å². The van der Waals surface area contributed by atoms with Gasteiger partial charge in [-0.15, -0.1) is 0 Å². The van der Waals surface area contributed by atoms with Crippen LogP contribution in [-0.4, -0.2) is 19.8 Å². The van der Waals surface area contributed by atoms with E-state index in [-0.39, 0.29) is 11.4 Å². The van der Waals surface area contributed by atoms with Crippen molar-refractivity contribution in [3.8, 4) is 0 Å². The number of aromatic nitrogens is 3. The van der Waals surface area contributed by atoms with E-state index in [2.05, 4.69) is 10.1 Å². The summed E-state index contributed by atoms with van der Waals surface area (Å²) < 4.78 is 20.7. The second-order valence-corrected chi connectivity index (χ2v) is 9.11. The van der Waals surface area contributed by atoms with Crippen molar-refractivity contribution in [2.45, 2.75) is 76.9 Å². The number of hydrogen-bond donors (Lipinski definition) is 1. The van der Waals surface area contributed by atoms with E-state index in [0.717, 1.165) is 67.3 Å². The lowest BCUT2D eigenvalue weighted by atomic mass is 9.78. The molecule has 6 nitrogen and oxygen atoms in total. The van der Waals surface area contributed by atoms with Gasteiger partial charge in [0, 0.05) is 29.1 Å². The molecule has 0 bridgehead atoms. The minimum absolute atomic E-state index is 0.0195. The van der Waals surface area contributed by atoms with E-state index in [4.69, 9.17) is 4.52 Å². The van der Waals surface area contributed by atoms with Crippen molar-refractivity contribution in [2.75, 3.05) is 0 Å². The third kappa shape index (κ3) is 3.80. The van der Waals surface area contributed by atoms with Gasteiger partial charge in [0.05, 0.1) is 5.69 Å². The number of aliphatic hydroxyl groups excluding tert-OH is 1. The minimum atomic E-state index is -0.634. The Labute approximate surface area is 180 Å². The zero-order chi connectivity index (χ0) is 21.5. The van der Waals surface area contributed by atoms with E-state index >= 15 is 0 Å². The molecule has 0 amide bonds. The number of aryl methyl sites for hydroxylation is 1. The number of fused-ring (bicyclic) bond motifs is 2. The molecule has 1 saturated carbocycles. The molecular weight excluding hydrogens is 397 g/mol. The van der Waals surface area contributed by atoms with Gasteiger partial charge in [-0.05, 0) is 82.4 Å². The first-order valence-corrected chi connectivity index (χ1v) is 11.3. The van der Waals surface area contributed by atoms with Crippen LogP contribution in [0.25, 0.3) is 11.0 Å². The number of hydrogen-bond acceptors (Lipinski definition) is 5. The second kappa shape index (κ2) is 8.19. The van der Waals surface area contributed by atoms with Gasteiger partial charge in [-0.1, -0.05) is 5.16 Å². The maximum absolute atomic E-state index is 13.7. The minimum Gasteiger partial charge on any atom is -0.385 e. The smallest absolute Gasteiger partial charge is 0.257 e. The summed E-state index contributed by atoms with van der Waals surface area (Å²) in [6.45, 7) is 2.52. The Hall–Kier alpha value is -2.54. The molecule has 0 spiro atoms. The monoisotopic (exact) mass is 425 g/mol. The van der Waals surface area contributed by atoms with Crippen LogP contribution in [0.4, 0.5) is 4.39 Å². The molecule has 31 heavy (non-hydrogen) atoms. The van der Waals surface area contributed by atoms with E-state index < -0.39 is 6.10 Å². The Morgan fingerprint density at radius 3 is 2.84 bits per heavy atom. The number of benzene rings is 1. The SMILES string of the molecule is Cc1nc2n(c(=O)c1CCC1CCC(c3noc4ccc(F)cc34)CC1)CCC[C@H]2O. The molecule has 1 atom stereocenters. The van der Waals surface area contributed by atoms with Crippen molar-refractivity contribution in [2.24, 2.45) is 5.92 Å². The Balaban J connectivity index is 1.25. The molecule has 0 unspecified atom stereocenters. The lowest BCUT2D eigenvalue weighted by Gasteiger charge is -2.28. The van der Waals surface area contributed by atoms with Gasteiger partial charge in [-0.2, -0.15) is 0 Å². The van der Waals surface area contributed by atoms with Crippen molar-refractivity contribution < 1.29 is 14.0 Å². The molecule has 1 fully saturated rings. The van der Waals surface area contributed by atoms with Gasteiger partial charge in [0.2, 0.25) is 0 Å². The fraction of sp³-hybridized carbons (Fsp3) is 0.542. The van der Waals surface area contributed by atoms with Crippen LogP contribution in [0.5, 0.6) is 0 Å². The zero-order valence-electron chi connectivity index (χ0n) is 17.8. The van der Waals surface area contributed by atoms with Gasteiger partial charge in [0.25, 0.3) is 5.56 Å². The summed E-state index contributed by atoms with van der Waals surface area (Å²) in [7, 11) is 0. The molecule has 2 aliphatic rings. The maximum Gasteiger partial charge on any atom is 0.257 e. The van der Waals surface area contributed by atoms with Gasteiger partial charge < -0.3 is 9.63 Å². The molecule has 3 aromatic rings. The molecule has 7 heteroatoms. The van der Waals surface area contributed by atoms with Crippen LogP contribution >= 0.6 is 0 Å². The summed E-state index contributed by atoms with van der Waals surface area (Å²) in [5, 5.41) is 15.2. The number of aliphatic hydroxyl groups is 1. The Bertz CT molecular complexity index is 1160. The molecule has 0 radical (unpaired) electrons. The fourth-order valence-corrected chi connectivity index (χ4v) is 5.35. The number of nitrogens with zero attached hydrogens (tertiary/aromatic N) is 3. The number of rotatable bonds is 4. The summed E-state index contributed by atoms with van der Waals surface area (Å²) in [6.07, 6.45) is 6.64. The predicted molar refractivity (Wildman–Crippen MR) is 114 cm³/mol. The average Bonchev–Trinajstić information content (AvgIpc) is 3.18. The molecule has 0 saturated heterocycles. The molecule has 5 rings (SSSR count). The van der Waals surface area contributed by atoms with E-state index in [1.54, 1.807) is 10.6 Å². The summed E-state index contributed by atoms with van der Waals surface area (Å²) in [5.41, 5.74) is 3.07. The van der Waals surface area contributed by atoms with E-state index in [1.165, 1.54) is 12.1 Å². The standard InChI is InChI=1S/C24H28FN3O3/c1-14-18(24(30)28-12-2-3-20(29)23(28)26-14)10-6-15-4-7-16(8-5-15)22-19-13-17(25)9-11-21(19)31-27-22/h9,11,13,15-16,20,29H,2-8,10,12H2,1H3/t15?,16?,20-/m1/s1. The van der Waals surface area contributed by atoms with Crippen molar-refractivity contribution in [1.82, 2.24) is 14.7 Å². The molecule has 1 aliphatic heterocycles. The Morgan fingerprint density at radius 2 is 2.03 bits per heavy atom. The molecule has 1 N–H and O–H groups in total. The zero-order valence-corrected chi connectivity index (χ0v) is 17.8. The van der Waals surface area contributed by atoms with Crippen molar-refractivity contribution in [3.05, 3.63) is 57.1 Å². The van der Waals surface area contributed by atoms with Gasteiger partial charge >= 0.3 is 0 Å². The van der Waals surface area contributed by atoms with E-state index in [0.29, 0.717) is 36.2 Å². The summed E-state index contributed by atoms with van der Waals surface area (Å²) in [4.78, 5) is 17.5. The summed E-state index contributed by atoms with van der Waals surface area (Å²) in [6, 6.07) is 4.55. The highest BCUT2D eigenvalue weighted by atomic mass is 19.1. The van der Waals surface area contributed by atoms with Gasteiger partial charge in [0.15, 0.2) is 5.58 Å². The second-order valence-electron chi connectivity index (χ2n) is 9.11. The highest BCUT2D eigenvalue weighted by molar-refractivity contribution is 5.79. The van der Waals surface area contributed by atoms with Crippen molar-refractivity contribution in [1.29, 1.82) is 0 Å². The molecule has 3 heterocycles. The van der Waals surface area contributed by atoms with Crippen LogP contribution < -0.4 is 5.56 Å². The topological polar surface area (TPSA) is 81.2 Å². The lowest BCUT2D eigenvalue weighted by Crippen LogP contribution is -2.34. The van der Waals surface area contributed by atoms with Gasteiger partial charge in [0.1, 0.15) is 17.7 Å². The third-order valence-corrected chi connectivity index (χ3v) is 7.15. The first-order chi connectivity index (χ1) is 15.0. The van der Waals surface area contributed by atoms with Crippen LogP contribution in [0, 0.1) is 18.7 Å². The maximum atomic E-state index is 13.7. The largest absolute Gasteiger partial charge is 0.385 e. The van der Waals surface area contributed by atoms with Gasteiger partial charge in [-0.25, -0.2) is 9.37 Å². The lowest BCUT2D eigenvalue weighted by molar-refractivity contribution is 0.129. The molecule has 1 aliphatic carbocycles. The third-order valence-electron chi connectivity index (χ3n) is 7.15. The first kappa shape index (κ1) is 20.4. The predicted octanol–water partition coefficient (Wildman–Crippen LogP) is 4.57. The molecular formula is C24H28FN3O3. The Morgan fingerprint density at radius 1 is 1.23 bits per heavy atom. The fourth-order valence-electron chi connectivity index (χ4n) is 5.35. The molecule has 164 valence electrons. The summed E-state index contributed by atoms with van der Waals surface area (Å²) >= 11 is 0. The molecule has 1 aromatic carbocycles. The number of halogens is 1. The summed E-state index contributed by atoms with van der Waals surface area (Å²) in [5.74, 6) is 1.10. The van der Waals surface area contributed by atoms with Crippen LogP contribution in [0.3, 0.4) is 0 Å². The molecule has 2 aromatic heterocycles. The normalized spacial score (nSPS) is 23.8. The quantitative estimate of drug-likeness (QED) is 0.662. The highest BCUT2D eigenvalue weighted by Crippen LogP contribution is 2.39. The van der Waals surface area contributed by atoms with Crippen LogP contribution in [0.1, 0.15) is 79.7 Å². The van der Waals surface area contributed by atoms with Crippen molar-refractivity contribution >= 4 is 11.0 Å². The van der Waals surface area contributed by atoms with Crippen molar-refractivity contribution in [3.63, 3.8) is 0 Å².